The van der Waals surface area contributed by atoms with Crippen LogP contribution < -0.4 is 10.2 Å². The van der Waals surface area contributed by atoms with Crippen molar-refractivity contribution in [2.45, 2.75) is 43.7 Å². The highest BCUT2D eigenvalue weighted by Crippen LogP contribution is 2.28. The smallest absolute Gasteiger partial charge is 0.322 e. The fourth-order valence-electron chi connectivity index (χ4n) is 4.00. The van der Waals surface area contributed by atoms with Crippen molar-refractivity contribution in [3.8, 4) is 0 Å². The molecule has 3 aromatic rings. The molecule has 2 amide bonds. The van der Waals surface area contributed by atoms with Gasteiger partial charge >= 0.3 is 6.03 Å². The maximum Gasteiger partial charge on any atom is 0.322 e. The van der Waals surface area contributed by atoms with Gasteiger partial charge in [0.15, 0.2) is 3.95 Å². The number of carbonyl (C=O) groups excluding carboxylic acids is 1. The molecule has 1 fully saturated rings. The van der Waals surface area contributed by atoms with E-state index in [-0.39, 0.29) is 41.1 Å². The van der Waals surface area contributed by atoms with Gasteiger partial charge in [-0.1, -0.05) is 11.6 Å². The minimum absolute atomic E-state index is 0.0455. The van der Waals surface area contributed by atoms with Gasteiger partial charge in [0.2, 0.25) is 10.0 Å². The highest BCUT2D eigenvalue weighted by molar-refractivity contribution is 7.89. The third kappa shape index (κ3) is 5.13. The van der Waals surface area contributed by atoms with Crippen LogP contribution in [0.15, 0.2) is 41.3 Å². The maximum atomic E-state index is 13.4. The van der Waals surface area contributed by atoms with Crippen molar-refractivity contribution in [1.82, 2.24) is 14.6 Å². The van der Waals surface area contributed by atoms with Crippen molar-refractivity contribution in [1.29, 1.82) is 0 Å². The third-order valence-electron chi connectivity index (χ3n) is 5.73. The lowest BCUT2D eigenvalue weighted by Gasteiger charge is -2.34. The summed E-state index contributed by atoms with van der Waals surface area (Å²) in [5, 5.41) is 2.81. The van der Waals surface area contributed by atoms with Crippen LogP contribution in [0.2, 0.25) is 5.02 Å². The van der Waals surface area contributed by atoms with E-state index in [0.29, 0.717) is 16.8 Å². The van der Waals surface area contributed by atoms with Gasteiger partial charge in [0, 0.05) is 30.9 Å². The first-order valence-electron chi connectivity index (χ1n) is 10.7. The van der Waals surface area contributed by atoms with Gasteiger partial charge in [-0.25, -0.2) is 17.6 Å². The molecular formula is C22H24ClFN4O3S3. The van der Waals surface area contributed by atoms with Crippen LogP contribution in [-0.2, 0) is 10.0 Å². The van der Waals surface area contributed by atoms with Gasteiger partial charge in [-0.2, -0.15) is 4.31 Å². The quantitative estimate of drug-likeness (QED) is 0.415. The molecule has 4 rings (SSSR count). The van der Waals surface area contributed by atoms with Crippen LogP contribution in [0.25, 0.3) is 10.2 Å². The number of benzene rings is 2. The summed E-state index contributed by atoms with van der Waals surface area (Å²) in [7, 11) is -3.80. The summed E-state index contributed by atoms with van der Waals surface area (Å²) in [5.74, 6) is -0.669. The number of sulfonamides is 1. The number of aromatic nitrogens is 1. The van der Waals surface area contributed by atoms with E-state index in [1.54, 1.807) is 4.90 Å². The number of thiazole rings is 1. The minimum Gasteiger partial charge on any atom is -0.337 e. The van der Waals surface area contributed by atoms with Crippen LogP contribution in [0.1, 0.15) is 26.7 Å². The molecule has 12 heteroatoms. The third-order valence-corrected chi connectivity index (χ3v) is 9.11. The number of hydrogen-bond donors (Lipinski definition) is 2. The molecule has 0 radical (unpaired) electrons. The summed E-state index contributed by atoms with van der Waals surface area (Å²) >= 11 is 12.4. The largest absolute Gasteiger partial charge is 0.337 e. The first kappa shape index (κ1) is 25.1. The Morgan fingerprint density at radius 1 is 1.26 bits per heavy atom. The summed E-state index contributed by atoms with van der Waals surface area (Å²) in [6.45, 7) is 4.35. The molecule has 0 spiro atoms. The van der Waals surface area contributed by atoms with Crippen LogP contribution in [0, 0.1) is 9.77 Å². The Morgan fingerprint density at radius 3 is 2.62 bits per heavy atom. The average molecular weight is 543 g/mol. The Kier molecular flexibility index (Phi) is 7.30. The fourth-order valence-corrected chi connectivity index (χ4v) is 6.90. The first-order chi connectivity index (χ1) is 16.1. The van der Waals surface area contributed by atoms with Crippen molar-refractivity contribution in [2.24, 2.45) is 0 Å². The van der Waals surface area contributed by atoms with Crippen molar-refractivity contribution < 1.29 is 17.6 Å². The molecule has 1 aliphatic rings. The molecule has 2 heterocycles. The Hall–Kier alpha value is -2.05. The topological polar surface area (TPSA) is 85.5 Å². The molecule has 1 saturated heterocycles. The maximum absolute atomic E-state index is 13.4. The number of halogens is 2. The number of nitrogens with one attached hydrogen (secondary N) is 2. The molecule has 2 N–H and O–H groups in total. The predicted molar refractivity (Wildman–Crippen MR) is 136 cm³/mol. The Morgan fingerprint density at radius 2 is 1.97 bits per heavy atom. The molecule has 0 bridgehead atoms. The number of piperidine rings is 1. The Bertz CT molecular complexity index is 1380. The zero-order chi connectivity index (χ0) is 24.6. The van der Waals surface area contributed by atoms with Crippen LogP contribution >= 0.6 is 35.2 Å². The van der Waals surface area contributed by atoms with Gasteiger partial charge in [0.05, 0.1) is 20.1 Å². The minimum atomic E-state index is -3.80. The van der Waals surface area contributed by atoms with Gasteiger partial charge in [0.25, 0.3) is 0 Å². The summed E-state index contributed by atoms with van der Waals surface area (Å²) in [6, 6.07) is 8.61. The zero-order valence-electron chi connectivity index (χ0n) is 18.5. The van der Waals surface area contributed by atoms with Crippen LogP contribution in [0.5, 0.6) is 0 Å². The van der Waals surface area contributed by atoms with Crippen molar-refractivity contribution in [2.75, 3.05) is 18.0 Å². The van der Waals surface area contributed by atoms with E-state index < -0.39 is 15.8 Å². The summed E-state index contributed by atoms with van der Waals surface area (Å²) in [5.41, 5.74) is 1.69. The number of amides is 2. The Labute approximate surface area is 211 Å². The zero-order valence-corrected chi connectivity index (χ0v) is 21.8. The molecule has 182 valence electrons. The van der Waals surface area contributed by atoms with E-state index in [2.05, 4.69) is 10.3 Å². The lowest BCUT2D eigenvalue weighted by molar-refractivity contribution is 0.231. The molecular weight excluding hydrogens is 519 g/mol. The van der Waals surface area contributed by atoms with Crippen molar-refractivity contribution in [3.05, 3.63) is 51.2 Å². The second kappa shape index (κ2) is 9.90. The number of nitrogens with zero attached hydrogens (tertiary/aromatic N) is 2. The monoisotopic (exact) mass is 542 g/mol. The van der Waals surface area contributed by atoms with Gasteiger partial charge < -0.3 is 10.3 Å². The molecule has 0 aliphatic carbocycles. The molecule has 0 unspecified atom stereocenters. The molecule has 0 saturated carbocycles. The first-order valence-corrected chi connectivity index (χ1v) is 13.8. The summed E-state index contributed by atoms with van der Waals surface area (Å²) in [4.78, 5) is 17.9. The number of anilines is 1. The summed E-state index contributed by atoms with van der Waals surface area (Å²) in [6.07, 6.45) is 0.925. The van der Waals surface area contributed by atoms with Crippen LogP contribution in [0.4, 0.5) is 14.9 Å². The molecule has 1 aromatic heterocycles. The average Bonchev–Trinajstić information content (AvgIpc) is 3.15. The lowest BCUT2D eigenvalue weighted by atomic mass is 10.1. The van der Waals surface area contributed by atoms with Gasteiger partial charge in [-0.3, -0.25) is 4.90 Å². The van der Waals surface area contributed by atoms with E-state index in [0.717, 1.165) is 28.0 Å². The van der Waals surface area contributed by atoms with Crippen molar-refractivity contribution >= 4 is 67.1 Å². The van der Waals surface area contributed by atoms with E-state index in [9.17, 15) is 17.6 Å². The van der Waals surface area contributed by atoms with Crippen LogP contribution in [0.3, 0.4) is 0 Å². The number of urea groups is 1. The number of H-pyrrole nitrogens is 1. The SMILES string of the molecule is CC(C)N(C(=O)NC1CCN(S(=O)(=O)c2ccc(F)c(Cl)c2)CC1)c1ccc2[nH]c(=S)sc2c1. The van der Waals surface area contributed by atoms with Gasteiger partial charge in [0.1, 0.15) is 5.82 Å². The number of rotatable bonds is 5. The predicted octanol–water partition coefficient (Wildman–Crippen LogP) is 5.53. The standard InChI is InChI=1S/C22H24ClFN4O3S3/c1-13(2)28(15-3-6-19-20(11-15)33-22(32)26-19)21(29)25-14-7-9-27(10-8-14)34(30,31)16-4-5-18(24)17(23)12-16/h3-6,11-14H,7-10H2,1-2H3,(H,25,29)(H,26,32). The molecule has 7 nitrogen and oxygen atoms in total. The number of carbonyl (C=O) groups is 1. The highest BCUT2D eigenvalue weighted by Gasteiger charge is 2.31. The van der Waals surface area contributed by atoms with E-state index >= 15 is 0 Å². The Balaban J connectivity index is 1.43. The highest BCUT2D eigenvalue weighted by atomic mass is 35.5. The molecule has 34 heavy (non-hydrogen) atoms. The van der Waals surface area contributed by atoms with E-state index in [4.69, 9.17) is 23.8 Å². The number of aromatic amines is 1. The van der Waals surface area contributed by atoms with E-state index in [1.807, 2.05) is 32.0 Å². The number of hydrogen-bond acceptors (Lipinski definition) is 5. The van der Waals surface area contributed by atoms with Crippen molar-refractivity contribution in [3.63, 3.8) is 0 Å². The van der Waals surface area contributed by atoms with Gasteiger partial charge in [-0.15, -0.1) is 11.3 Å². The normalized spacial score (nSPS) is 15.7. The fraction of sp³-hybridized carbons (Fsp3) is 0.364. The second-order valence-corrected chi connectivity index (χ2v) is 12.4. The molecule has 1 aliphatic heterocycles. The summed E-state index contributed by atoms with van der Waals surface area (Å²) < 4.78 is 42.2. The lowest BCUT2D eigenvalue weighted by Crippen LogP contribution is -2.51. The van der Waals surface area contributed by atoms with Crippen LogP contribution in [-0.4, -0.2) is 48.9 Å². The van der Waals surface area contributed by atoms with Gasteiger partial charge in [-0.05, 0) is 75.3 Å². The molecule has 2 aromatic carbocycles. The number of fused-ring (bicyclic) bond motifs is 1. The molecule has 0 atom stereocenters. The second-order valence-electron chi connectivity index (χ2n) is 8.36. The van der Waals surface area contributed by atoms with E-state index in [1.165, 1.54) is 21.7 Å².